The molecule has 2 heterocycles. The normalized spacial score (nSPS) is 10.9. The number of thioether (sulfide) groups is 1. The number of rotatable bonds is 8. The second-order valence-electron chi connectivity index (χ2n) is 7.71. The molecule has 0 bridgehead atoms. The molecule has 0 N–H and O–H groups in total. The number of benzene rings is 3. The molecule has 5 rings (SSSR count). The monoisotopic (exact) mass is 485 g/mol. The van der Waals surface area contributed by atoms with Crippen LogP contribution in [-0.2, 0) is 5.75 Å². The number of hydrogen-bond acceptors (Lipinski definition) is 8. The maximum atomic E-state index is 5.58. The van der Waals surface area contributed by atoms with Gasteiger partial charge in [0.1, 0.15) is 11.5 Å². The summed E-state index contributed by atoms with van der Waals surface area (Å²) in [5.74, 6) is 3.66. The van der Waals surface area contributed by atoms with Gasteiger partial charge in [-0.25, -0.2) is 0 Å². The minimum atomic E-state index is 0.444. The molecule has 176 valence electrons. The van der Waals surface area contributed by atoms with Crippen molar-refractivity contribution in [1.29, 1.82) is 0 Å². The van der Waals surface area contributed by atoms with Crippen molar-refractivity contribution in [2.45, 2.75) is 17.8 Å². The lowest BCUT2D eigenvalue weighted by Crippen LogP contribution is -2.01. The van der Waals surface area contributed by atoms with Crippen molar-refractivity contribution in [2.24, 2.45) is 0 Å². The predicted molar refractivity (Wildman–Crippen MR) is 134 cm³/mol. The average Bonchev–Trinajstić information content (AvgIpc) is 3.55. The lowest BCUT2D eigenvalue weighted by Gasteiger charge is -2.12. The maximum absolute atomic E-state index is 5.58. The molecule has 3 aromatic carbocycles. The van der Waals surface area contributed by atoms with Gasteiger partial charge in [0.05, 0.1) is 31.2 Å². The second-order valence-corrected chi connectivity index (χ2v) is 8.65. The molecule has 35 heavy (non-hydrogen) atoms. The highest BCUT2D eigenvalue weighted by Gasteiger charge is 2.20. The summed E-state index contributed by atoms with van der Waals surface area (Å²) in [7, 11) is 3.29. The minimum absolute atomic E-state index is 0.444. The van der Waals surface area contributed by atoms with Crippen molar-refractivity contribution in [2.75, 3.05) is 14.2 Å². The Kier molecular flexibility index (Phi) is 6.49. The molecule has 0 saturated carbocycles. The van der Waals surface area contributed by atoms with E-state index in [2.05, 4.69) is 20.3 Å². The fraction of sp³-hybridized carbons (Fsp3) is 0.154. The van der Waals surface area contributed by atoms with Crippen LogP contribution in [0.4, 0.5) is 0 Å². The number of nitrogens with zero attached hydrogens (tertiary/aromatic N) is 5. The van der Waals surface area contributed by atoms with Crippen molar-refractivity contribution in [3.63, 3.8) is 0 Å². The van der Waals surface area contributed by atoms with E-state index < -0.39 is 0 Å². The van der Waals surface area contributed by atoms with Crippen LogP contribution < -0.4 is 9.47 Å². The van der Waals surface area contributed by atoms with E-state index in [0.717, 1.165) is 22.6 Å². The SMILES string of the molecule is COc1ccc(-n2c(SCc3nc(-c4ccc(C)cc4)no3)nnc2-c2ccccc2OC)cc1. The van der Waals surface area contributed by atoms with Crippen LogP contribution in [0.1, 0.15) is 11.5 Å². The predicted octanol–water partition coefficient (Wildman–Crippen LogP) is 5.60. The first-order valence-corrected chi connectivity index (χ1v) is 11.9. The van der Waals surface area contributed by atoms with Crippen LogP contribution in [0.5, 0.6) is 11.5 Å². The molecule has 9 heteroatoms. The number of hydrogen-bond donors (Lipinski definition) is 0. The van der Waals surface area contributed by atoms with E-state index in [0.29, 0.717) is 34.2 Å². The minimum Gasteiger partial charge on any atom is -0.497 e. The topological polar surface area (TPSA) is 88.1 Å². The Bertz CT molecular complexity index is 1430. The molecule has 0 unspecified atom stereocenters. The number of para-hydroxylation sites is 1. The fourth-order valence-corrected chi connectivity index (χ4v) is 4.38. The first-order valence-electron chi connectivity index (χ1n) is 10.9. The summed E-state index contributed by atoms with van der Waals surface area (Å²) in [5.41, 5.74) is 3.82. The molecule has 0 fully saturated rings. The zero-order valence-corrected chi connectivity index (χ0v) is 20.3. The molecule has 8 nitrogen and oxygen atoms in total. The summed E-state index contributed by atoms with van der Waals surface area (Å²) in [5, 5.41) is 13.8. The van der Waals surface area contributed by atoms with Gasteiger partial charge in [-0.1, -0.05) is 58.9 Å². The van der Waals surface area contributed by atoms with Gasteiger partial charge in [0.25, 0.3) is 0 Å². The highest BCUT2D eigenvalue weighted by molar-refractivity contribution is 7.98. The van der Waals surface area contributed by atoms with Gasteiger partial charge >= 0.3 is 0 Å². The molecular weight excluding hydrogens is 462 g/mol. The highest BCUT2D eigenvalue weighted by atomic mass is 32.2. The zero-order valence-electron chi connectivity index (χ0n) is 19.5. The smallest absolute Gasteiger partial charge is 0.237 e. The van der Waals surface area contributed by atoms with Crippen molar-refractivity contribution in [3.8, 4) is 40.0 Å². The van der Waals surface area contributed by atoms with Crippen LogP contribution in [0.2, 0.25) is 0 Å². The lowest BCUT2D eigenvalue weighted by molar-refractivity contribution is 0.391. The number of ether oxygens (including phenoxy) is 2. The Labute approximate surface area is 206 Å². The molecule has 0 amide bonds. The van der Waals surface area contributed by atoms with E-state index >= 15 is 0 Å². The largest absolute Gasteiger partial charge is 0.497 e. The molecule has 0 aliphatic carbocycles. The van der Waals surface area contributed by atoms with Crippen LogP contribution in [0.15, 0.2) is 82.5 Å². The van der Waals surface area contributed by atoms with Crippen LogP contribution >= 0.6 is 11.8 Å². The number of aromatic nitrogens is 5. The van der Waals surface area contributed by atoms with Crippen molar-refractivity contribution >= 4 is 11.8 Å². The van der Waals surface area contributed by atoms with Gasteiger partial charge in [0, 0.05) is 5.56 Å². The van der Waals surface area contributed by atoms with Gasteiger partial charge < -0.3 is 14.0 Å². The van der Waals surface area contributed by atoms with Crippen molar-refractivity contribution in [3.05, 3.63) is 84.3 Å². The van der Waals surface area contributed by atoms with Gasteiger partial charge in [0.2, 0.25) is 11.7 Å². The van der Waals surface area contributed by atoms with Crippen molar-refractivity contribution in [1.82, 2.24) is 24.9 Å². The third kappa shape index (κ3) is 4.76. The molecule has 0 aliphatic heterocycles. The first kappa shape index (κ1) is 22.7. The molecule has 0 spiro atoms. The molecule has 0 radical (unpaired) electrons. The average molecular weight is 486 g/mol. The highest BCUT2D eigenvalue weighted by Crippen LogP contribution is 2.34. The molecule has 0 atom stereocenters. The molecule has 0 saturated heterocycles. The van der Waals surface area contributed by atoms with E-state index in [1.54, 1.807) is 14.2 Å². The Balaban J connectivity index is 1.47. The van der Waals surface area contributed by atoms with Crippen LogP contribution in [0.3, 0.4) is 0 Å². The van der Waals surface area contributed by atoms with E-state index in [1.807, 2.05) is 84.3 Å². The standard InChI is InChI=1S/C26H23N5O3S/c1-17-8-10-18(11-9-17)24-27-23(34-30-24)16-35-26-29-28-25(21-6-4-5-7-22(21)33-3)31(26)19-12-14-20(32-2)15-13-19/h4-15H,16H2,1-3H3. The van der Waals surface area contributed by atoms with Gasteiger partial charge in [-0.3, -0.25) is 4.57 Å². The molecule has 2 aromatic heterocycles. The van der Waals surface area contributed by atoms with Crippen LogP contribution in [0, 0.1) is 6.92 Å². The fourth-order valence-electron chi connectivity index (χ4n) is 3.59. The Morgan fingerprint density at radius 2 is 1.66 bits per heavy atom. The number of aryl methyl sites for hydroxylation is 1. The molecular formula is C26H23N5O3S. The van der Waals surface area contributed by atoms with E-state index in [-0.39, 0.29) is 0 Å². The molecule has 5 aromatic rings. The second kappa shape index (κ2) is 10.0. The van der Waals surface area contributed by atoms with Gasteiger partial charge in [0.15, 0.2) is 11.0 Å². The Morgan fingerprint density at radius 1 is 0.886 bits per heavy atom. The van der Waals surface area contributed by atoms with Crippen molar-refractivity contribution < 1.29 is 14.0 Å². The van der Waals surface area contributed by atoms with Gasteiger partial charge in [-0.15, -0.1) is 10.2 Å². The third-order valence-electron chi connectivity index (χ3n) is 5.41. The van der Waals surface area contributed by atoms with Gasteiger partial charge in [-0.2, -0.15) is 4.98 Å². The zero-order chi connectivity index (χ0) is 24.2. The summed E-state index contributed by atoms with van der Waals surface area (Å²) in [6.45, 7) is 2.04. The summed E-state index contributed by atoms with van der Waals surface area (Å²) < 4.78 is 18.4. The van der Waals surface area contributed by atoms with E-state index in [1.165, 1.54) is 17.3 Å². The quantitative estimate of drug-likeness (QED) is 0.262. The molecule has 0 aliphatic rings. The Hall–Kier alpha value is -4.11. The summed E-state index contributed by atoms with van der Waals surface area (Å²) in [6, 6.07) is 23.5. The summed E-state index contributed by atoms with van der Waals surface area (Å²) in [6.07, 6.45) is 0. The maximum Gasteiger partial charge on any atom is 0.237 e. The first-order chi connectivity index (χ1) is 17.2. The van der Waals surface area contributed by atoms with Crippen LogP contribution in [0.25, 0.3) is 28.5 Å². The van der Waals surface area contributed by atoms with Crippen LogP contribution in [-0.4, -0.2) is 39.1 Å². The van der Waals surface area contributed by atoms with E-state index in [4.69, 9.17) is 14.0 Å². The number of methoxy groups -OCH3 is 2. The Morgan fingerprint density at radius 3 is 2.40 bits per heavy atom. The summed E-state index contributed by atoms with van der Waals surface area (Å²) >= 11 is 1.47. The van der Waals surface area contributed by atoms with E-state index in [9.17, 15) is 0 Å². The van der Waals surface area contributed by atoms with Gasteiger partial charge in [-0.05, 0) is 43.3 Å². The summed E-state index contributed by atoms with van der Waals surface area (Å²) in [4.78, 5) is 4.55. The third-order valence-corrected chi connectivity index (χ3v) is 6.33. The lowest BCUT2D eigenvalue weighted by atomic mass is 10.1.